The van der Waals surface area contributed by atoms with Crippen molar-refractivity contribution >= 4 is 17.9 Å². The van der Waals surface area contributed by atoms with Crippen molar-refractivity contribution in [2.24, 2.45) is 5.92 Å². The summed E-state index contributed by atoms with van der Waals surface area (Å²) in [4.78, 5) is 36.4. The molecule has 2 bridgehead atoms. The smallest absolute Gasteiger partial charge is 0.334 e. The predicted molar refractivity (Wildman–Crippen MR) is 115 cm³/mol. The molecule has 0 radical (unpaired) electrons. The van der Waals surface area contributed by atoms with Crippen LogP contribution in [-0.4, -0.2) is 46.4 Å². The zero-order chi connectivity index (χ0) is 23.4. The highest BCUT2D eigenvalue weighted by atomic mass is 16.6. The molecule has 31 heavy (non-hydrogen) atoms. The predicted octanol–water partition coefficient (Wildman–Crippen LogP) is 3.78. The third kappa shape index (κ3) is 6.66. The van der Waals surface area contributed by atoms with E-state index in [2.05, 4.69) is 6.58 Å². The first-order chi connectivity index (χ1) is 14.3. The van der Waals surface area contributed by atoms with Gasteiger partial charge in [-0.15, -0.1) is 0 Å². The number of carbonyl (C=O) groups is 3. The molecule has 1 aliphatic carbocycles. The highest BCUT2D eigenvalue weighted by Crippen LogP contribution is 2.39. The lowest BCUT2D eigenvalue weighted by molar-refractivity contribution is -0.180. The van der Waals surface area contributed by atoms with Crippen molar-refractivity contribution in [3.05, 3.63) is 23.8 Å². The molecular formula is C24H36O7. The normalized spacial score (nSPS) is 35.3. The van der Waals surface area contributed by atoms with E-state index in [1.165, 1.54) is 13.8 Å². The monoisotopic (exact) mass is 436 g/mol. The van der Waals surface area contributed by atoms with E-state index in [1.807, 2.05) is 13.0 Å². The second-order valence-corrected chi connectivity index (χ2v) is 9.38. The fraction of sp³-hybridized carbons (Fsp3) is 0.708. The first-order valence-electron chi connectivity index (χ1n) is 11.0. The average molecular weight is 437 g/mol. The summed E-state index contributed by atoms with van der Waals surface area (Å²) in [6, 6.07) is 0. The molecule has 1 fully saturated rings. The van der Waals surface area contributed by atoms with Crippen LogP contribution in [0.3, 0.4) is 0 Å². The first kappa shape index (κ1) is 25.1. The van der Waals surface area contributed by atoms with Crippen LogP contribution in [-0.2, 0) is 28.6 Å². The topological polar surface area (TPSA) is 99.1 Å². The van der Waals surface area contributed by atoms with Crippen LogP contribution in [0.15, 0.2) is 23.8 Å². The van der Waals surface area contributed by atoms with Crippen molar-refractivity contribution < 1.29 is 33.7 Å². The molecule has 2 rings (SSSR count). The van der Waals surface area contributed by atoms with Gasteiger partial charge in [0.15, 0.2) is 0 Å². The van der Waals surface area contributed by atoms with Gasteiger partial charge in [-0.2, -0.15) is 0 Å². The van der Waals surface area contributed by atoms with Crippen molar-refractivity contribution in [1.82, 2.24) is 0 Å². The molecule has 1 N–H and O–H groups in total. The lowest BCUT2D eigenvalue weighted by Crippen LogP contribution is -2.45. The van der Waals surface area contributed by atoms with Gasteiger partial charge in [0, 0.05) is 19.4 Å². The number of allylic oxidation sites excluding steroid dienone is 2. The molecule has 5 unspecified atom stereocenters. The summed E-state index contributed by atoms with van der Waals surface area (Å²) in [5, 5.41) is 11.1. The molecule has 7 nitrogen and oxygen atoms in total. The summed E-state index contributed by atoms with van der Waals surface area (Å²) in [6.07, 6.45) is 4.10. The molecule has 0 aromatic heterocycles. The second-order valence-electron chi connectivity index (χ2n) is 9.38. The Hall–Kier alpha value is -2.15. The molecule has 0 spiro atoms. The van der Waals surface area contributed by atoms with Crippen LogP contribution in [0.25, 0.3) is 0 Å². The Morgan fingerprint density at radius 1 is 1.13 bits per heavy atom. The van der Waals surface area contributed by atoms with Crippen molar-refractivity contribution in [3.8, 4) is 0 Å². The van der Waals surface area contributed by atoms with Gasteiger partial charge < -0.3 is 19.3 Å². The van der Waals surface area contributed by atoms with Crippen LogP contribution in [0.1, 0.15) is 79.6 Å². The van der Waals surface area contributed by atoms with E-state index in [0.717, 1.165) is 5.57 Å². The Labute approximate surface area is 184 Å². The zero-order valence-electron chi connectivity index (χ0n) is 19.4. The summed E-state index contributed by atoms with van der Waals surface area (Å²) in [6.45, 7) is 12.0. The van der Waals surface area contributed by atoms with Gasteiger partial charge in [-0.3, -0.25) is 9.59 Å². The average Bonchev–Trinajstić information content (AvgIpc) is 2.75. The molecule has 0 saturated carbocycles. The fourth-order valence-corrected chi connectivity index (χ4v) is 4.43. The number of rotatable bonds is 2. The van der Waals surface area contributed by atoms with E-state index < -0.39 is 41.3 Å². The molecule has 0 amide bonds. The van der Waals surface area contributed by atoms with Crippen LogP contribution in [0.2, 0.25) is 0 Å². The van der Waals surface area contributed by atoms with Crippen LogP contribution in [0.5, 0.6) is 0 Å². The Kier molecular flexibility index (Phi) is 8.09. The number of hydrogen-bond acceptors (Lipinski definition) is 7. The van der Waals surface area contributed by atoms with E-state index in [4.69, 9.17) is 14.2 Å². The molecule has 1 heterocycles. The number of fused-ring (bicyclic) bond motifs is 3. The maximum absolute atomic E-state index is 12.9. The summed E-state index contributed by atoms with van der Waals surface area (Å²) < 4.78 is 16.9. The maximum atomic E-state index is 12.9. The highest BCUT2D eigenvalue weighted by Gasteiger charge is 2.46. The van der Waals surface area contributed by atoms with E-state index in [1.54, 1.807) is 13.8 Å². The highest BCUT2D eigenvalue weighted by molar-refractivity contribution is 5.89. The zero-order valence-corrected chi connectivity index (χ0v) is 19.4. The minimum absolute atomic E-state index is 0.261. The van der Waals surface area contributed by atoms with Crippen molar-refractivity contribution in [3.63, 3.8) is 0 Å². The summed E-state index contributed by atoms with van der Waals surface area (Å²) in [7, 11) is 0. The summed E-state index contributed by atoms with van der Waals surface area (Å²) >= 11 is 0. The third-order valence-corrected chi connectivity index (χ3v) is 6.50. The summed E-state index contributed by atoms with van der Waals surface area (Å²) in [5.41, 5.74) is -0.890. The lowest BCUT2D eigenvalue weighted by atomic mass is 9.80. The van der Waals surface area contributed by atoms with E-state index in [9.17, 15) is 19.5 Å². The standard InChI is InChI=1S/C24H36O7/c1-15-8-7-12-23(5,28)21(30-18(4)26)14-19-11-13-24(6,31-22(27)16(19)2)20(10-9-15)29-17(3)25/h8,19-21,28H,2,7,9-14H2,1,3-6H3. The lowest BCUT2D eigenvalue weighted by Gasteiger charge is -2.36. The van der Waals surface area contributed by atoms with Crippen LogP contribution >= 0.6 is 0 Å². The van der Waals surface area contributed by atoms with Crippen molar-refractivity contribution in [2.45, 2.75) is 103 Å². The van der Waals surface area contributed by atoms with Gasteiger partial charge in [-0.25, -0.2) is 4.79 Å². The van der Waals surface area contributed by atoms with Crippen LogP contribution in [0, 0.1) is 5.92 Å². The fourth-order valence-electron chi connectivity index (χ4n) is 4.43. The summed E-state index contributed by atoms with van der Waals surface area (Å²) in [5.74, 6) is -1.79. The molecule has 7 heteroatoms. The largest absolute Gasteiger partial charge is 0.459 e. The molecular weight excluding hydrogens is 400 g/mol. The molecule has 0 aromatic carbocycles. The second kappa shape index (κ2) is 9.98. The first-order valence-corrected chi connectivity index (χ1v) is 11.0. The Morgan fingerprint density at radius 2 is 1.74 bits per heavy atom. The van der Waals surface area contributed by atoms with Crippen molar-refractivity contribution in [1.29, 1.82) is 0 Å². The number of hydrogen-bond donors (Lipinski definition) is 1. The van der Waals surface area contributed by atoms with Gasteiger partial charge in [0.25, 0.3) is 0 Å². The molecule has 174 valence electrons. The van der Waals surface area contributed by atoms with Crippen molar-refractivity contribution in [2.75, 3.05) is 0 Å². The van der Waals surface area contributed by atoms with Gasteiger partial charge in [-0.05, 0) is 71.6 Å². The van der Waals surface area contributed by atoms with Gasteiger partial charge in [-0.1, -0.05) is 18.2 Å². The maximum Gasteiger partial charge on any atom is 0.334 e. The van der Waals surface area contributed by atoms with Gasteiger partial charge in [0.05, 0.1) is 5.60 Å². The van der Waals surface area contributed by atoms with Gasteiger partial charge in [0.1, 0.15) is 17.8 Å². The van der Waals surface area contributed by atoms with Crippen LogP contribution in [0.4, 0.5) is 0 Å². The van der Waals surface area contributed by atoms with Gasteiger partial charge in [0.2, 0.25) is 0 Å². The van der Waals surface area contributed by atoms with Crippen LogP contribution < -0.4 is 0 Å². The molecule has 0 aromatic rings. The quantitative estimate of drug-likeness (QED) is 0.304. The SMILES string of the molecule is C=C1C(=O)OC2(C)CCC1CC(OC(C)=O)C(C)(O)CCC=C(C)CCC2OC(C)=O. The van der Waals surface area contributed by atoms with E-state index in [0.29, 0.717) is 38.5 Å². The van der Waals surface area contributed by atoms with Gasteiger partial charge >= 0.3 is 17.9 Å². The Bertz CT molecular complexity index is 751. The minimum atomic E-state index is -1.26. The molecule has 1 saturated heterocycles. The number of ether oxygens (including phenoxy) is 3. The number of esters is 3. The van der Waals surface area contributed by atoms with E-state index in [-0.39, 0.29) is 17.9 Å². The molecule has 5 atom stereocenters. The number of carbonyl (C=O) groups excluding carboxylic acids is 3. The Balaban J connectivity index is 2.46. The molecule has 1 aliphatic heterocycles. The van der Waals surface area contributed by atoms with E-state index >= 15 is 0 Å². The minimum Gasteiger partial charge on any atom is -0.459 e. The Morgan fingerprint density at radius 3 is 2.35 bits per heavy atom. The molecule has 2 aliphatic rings. The number of aliphatic hydroxyl groups is 1. The third-order valence-electron chi connectivity index (χ3n) is 6.50.